The summed E-state index contributed by atoms with van der Waals surface area (Å²) < 4.78 is 14.2. The first kappa shape index (κ1) is 11.3. The average Bonchev–Trinajstić information content (AvgIpc) is 1.80. The summed E-state index contributed by atoms with van der Waals surface area (Å²) >= 11 is 4.52. The first-order valence-corrected chi connectivity index (χ1v) is 5.74. The zero-order valence-electron chi connectivity index (χ0n) is 5.39. The van der Waals surface area contributed by atoms with Crippen molar-refractivity contribution in [3.8, 4) is 0 Å². The molecule has 0 spiro atoms. The summed E-state index contributed by atoms with van der Waals surface area (Å²) in [5.41, 5.74) is 0. The second-order valence-electron chi connectivity index (χ2n) is 1.48. The molecule has 0 saturated heterocycles. The molecule has 0 aromatic carbocycles. The van der Waals surface area contributed by atoms with Crippen molar-refractivity contribution in [1.82, 2.24) is 8.80 Å². The molecular weight excluding hydrogens is 214 g/mol. The van der Waals surface area contributed by atoms with Crippen LogP contribution in [0.5, 0.6) is 0 Å². The molecule has 66 valence electrons. The smallest absolute Gasteiger partial charge is 0.333 e. The fraction of sp³-hybridized carbons (Fsp3) is 0.500. The van der Waals surface area contributed by atoms with E-state index in [1.54, 1.807) is 0 Å². The third-order valence-electron chi connectivity index (χ3n) is 0.544. The normalized spacial score (nSPS) is 11.3. The van der Waals surface area contributed by atoms with Crippen LogP contribution in [0.25, 0.3) is 0 Å². The van der Waals surface area contributed by atoms with Crippen molar-refractivity contribution in [2.75, 3.05) is 7.05 Å². The van der Waals surface area contributed by atoms with Crippen molar-refractivity contribution in [2.24, 2.45) is 0 Å². The Kier molecular flexibility index (Phi) is 4.45. The minimum atomic E-state index is -3.57. The molecule has 5 nitrogen and oxygen atoms in total. The lowest BCUT2D eigenvalue weighted by molar-refractivity contribution is 0.209. The third-order valence-corrected chi connectivity index (χ3v) is 2.91. The van der Waals surface area contributed by atoms with Crippen LogP contribution in [0.2, 0.25) is 0 Å². The van der Waals surface area contributed by atoms with Gasteiger partial charge in [-0.15, -0.1) is 4.39 Å². The maximum absolute atomic E-state index is 11.7. The lowest BCUT2D eigenvalue weighted by Crippen LogP contribution is -2.17. The SMILES string of the molecule is CN(SNP(O)(O)=S)C(=O)F. The highest BCUT2D eigenvalue weighted by Crippen LogP contribution is 2.32. The highest BCUT2D eigenvalue weighted by molar-refractivity contribution is 8.14. The van der Waals surface area contributed by atoms with Gasteiger partial charge in [0.1, 0.15) is 0 Å². The van der Waals surface area contributed by atoms with Crippen LogP contribution in [-0.4, -0.2) is 27.3 Å². The van der Waals surface area contributed by atoms with Crippen LogP contribution in [0.3, 0.4) is 0 Å². The molecule has 0 saturated carbocycles. The average molecular weight is 220 g/mol. The van der Waals surface area contributed by atoms with Gasteiger partial charge in [0.15, 0.2) is 0 Å². The van der Waals surface area contributed by atoms with Crippen LogP contribution in [0.4, 0.5) is 9.18 Å². The summed E-state index contributed by atoms with van der Waals surface area (Å²) in [5, 5.41) is 0. The zero-order valence-corrected chi connectivity index (χ0v) is 7.92. The number of carbonyl (C=O) groups is 1. The maximum atomic E-state index is 11.7. The number of hydrogen-bond donors (Lipinski definition) is 3. The Labute approximate surface area is 72.1 Å². The van der Waals surface area contributed by atoms with Gasteiger partial charge in [-0.3, -0.25) is 0 Å². The van der Waals surface area contributed by atoms with Crippen molar-refractivity contribution in [2.45, 2.75) is 0 Å². The van der Waals surface area contributed by atoms with E-state index in [2.05, 4.69) is 11.8 Å². The summed E-state index contributed by atoms with van der Waals surface area (Å²) in [6.07, 6.45) is -1.70. The quantitative estimate of drug-likeness (QED) is 0.276. The monoisotopic (exact) mass is 220 g/mol. The van der Waals surface area contributed by atoms with Crippen molar-refractivity contribution >= 4 is 36.7 Å². The Hall–Kier alpha value is 0.280. The maximum Gasteiger partial charge on any atom is 0.410 e. The van der Waals surface area contributed by atoms with Gasteiger partial charge in [-0.2, -0.15) is 4.49 Å². The Bertz CT molecular complexity index is 196. The van der Waals surface area contributed by atoms with Crippen LogP contribution in [-0.2, 0) is 11.8 Å². The number of carbonyl (C=O) groups excluding carboxylic acids is 1. The number of nitrogens with zero attached hydrogens (tertiary/aromatic N) is 1. The predicted molar refractivity (Wildman–Crippen MR) is 43.7 cm³/mol. The van der Waals surface area contributed by atoms with Crippen LogP contribution >= 0.6 is 18.8 Å². The van der Waals surface area contributed by atoms with Crippen LogP contribution in [0, 0.1) is 0 Å². The second kappa shape index (κ2) is 4.34. The van der Waals surface area contributed by atoms with Crippen molar-refractivity contribution in [3.05, 3.63) is 0 Å². The van der Waals surface area contributed by atoms with E-state index in [1.807, 2.05) is 4.49 Å². The summed E-state index contributed by atoms with van der Waals surface area (Å²) in [6.45, 7) is -3.57. The van der Waals surface area contributed by atoms with Gasteiger partial charge in [-0.1, -0.05) is 0 Å². The standard InChI is InChI=1S/C2H6FN2O3PS2/c1-5(2(3)6)11-4-9(7,8)10/h1H3,(H3,4,7,8,10). The molecule has 0 aliphatic heterocycles. The van der Waals surface area contributed by atoms with Crippen molar-refractivity contribution < 1.29 is 19.0 Å². The van der Waals surface area contributed by atoms with E-state index < -0.39 is 12.8 Å². The predicted octanol–water partition coefficient (Wildman–Crippen LogP) is 0.370. The molecular formula is C2H6FN2O3PS2. The Morgan fingerprint density at radius 1 is 1.82 bits per heavy atom. The van der Waals surface area contributed by atoms with E-state index in [4.69, 9.17) is 9.79 Å². The number of rotatable bonds is 3. The number of nitrogens with one attached hydrogen (secondary N) is 1. The van der Waals surface area contributed by atoms with E-state index >= 15 is 0 Å². The molecule has 0 aliphatic rings. The summed E-state index contributed by atoms with van der Waals surface area (Å²) in [5.74, 6) is 0. The van der Waals surface area contributed by atoms with Gasteiger partial charge in [-0.25, -0.2) is 9.10 Å². The molecule has 0 aromatic rings. The molecule has 0 bridgehead atoms. The Balaban J connectivity index is 3.72. The zero-order chi connectivity index (χ0) is 9.07. The molecule has 0 heterocycles. The fourth-order valence-corrected chi connectivity index (χ4v) is 1.44. The largest absolute Gasteiger partial charge is 0.410 e. The lowest BCUT2D eigenvalue weighted by atomic mass is 11.2. The van der Waals surface area contributed by atoms with Crippen LogP contribution in [0.15, 0.2) is 0 Å². The van der Waals surface area contributed by atoms with E-state index in [0.717, 1.165) is 7.05 Å². The molecule has 3 N–H and O–H groups in total. The first-order valence-electron chi connectivity index (χ1n) is 2.26. The minimum Gasteiger partial charge on any atom is -0.333 e. The van der Waals surface area contributed by atoms with Gasteiger partial charge in [0.25, 0.3) is 6.64 Å². The molecule has 1 amide bonds. The number of halogens is 1. The van der Waals surface area contributed by atoms with E-state index in [0.29, 0.717) is 16.4 Å². The Morgan fingerprint density at radius 3 is 2.55 bits per heavy atom. The van der Waals surface area contributed by atoms with Crippen LogP contribution < -0.4 is 4.49 Å². The summed E-state index contributed by atoms with van der Waals surface area (Å²) in [4.78, 5) is 26.9. The van der Waals surface area contributed by atoms with Crippen molar-refractivity contribution in [3.63, 3.8) is 0 Å². The van der Waals surface area contributed by atoms with Gasteiger partial charge < -0.3 is 9.79 Å². The number of hydrogen-bond acceptors (Lipinski definition) is 3. The van der Waals surface area contributed by atoms with Gasteiger partial charge in [-0.05, 0) is 11.8 Å². The molecule has 0 unspecified atom stereocenters. The third kappa shape index (κ3) is 6.67. The molecule has 0 aliphatic carbocycles. The van der Waals surface area contributed by atoms with Gasteiger partial charge >= 0.3 is 6.16 Å². The van der Waals surface area contributed by atoms with Gasteiger partial charge in [0.05, 0.1) is 0 Å². The van der Waals surface area contributed by atoms with Crippen LogP contribution in [0.1, 0.15) is 0 Å². The highest BCUT2D eigenvalue weighted by atomic mass is 32.5. The van der Waals surface area contributed by atoms with E-state index in [9.17, 15) is 9.18 Å². The van der Waals surface area contributed by atoms with Crippen molar-refractivity contribution in [1.29, 1.82) is 0 Å². The lowest BCUT2D eigenvalue weighted by Gasteiger charge is -2.13. The van der Waals surface area contributed by atoms with E-state index in [1.165, 1.54) is 0 Å². The van der Waals surface area contributed by atoms with E-state index in [-0.39, 0.29) is 0 Å². The molecule has 0 radical (unpaired) electrons. The molecule has 0 rings (SSSR count). The Morgan fingerprint density at radius 2 is 2.27 bits per heavy atom. The van der Waals surface area contributed by atoms with Gasteiger partial charge in [0.2, 0.25) is 0 Å². The van der Waals surface area contributed by atoms with Gasteiger partial charge in [0, 0.05) is 19.2 Å². The second-order valence-corrected chi connectivity index (χ2v) is 5.55. The molecule has 9 heteroatoms. The minimum absolute atomic E-state index is 0.395. The summed E-state index contributed by atoms with van der Waals surface area (Å²) in [7, 11) is 1.12. The number of amides is 1. The molecule has 0 fully saturated rings. The fourth-order valence-electron chi connectivity index (χ4n) is 0.150. The summed E-state index contributed by atoms with van der Waals surface area (Å²) in [6, 6.07) is 0. The molecule has 0 atom stereocenters. The molecule has 11 heavy (non-hydrogen) atoms. The molecule has 0 aromatic heterocycles. The highest BCUT2D eigenvalue weighted by Gasteiger charge is 2.12. The topological polar surface area (TPSA) is 72.8 Å². The first-order chi connectivity index (χ1) is 4.83.